The van der Waals surface area contributed by atoms with Crippen LogP contribution in [0.25, 0.3) is 0 Å². The molecule has 0 aromatic rings. The van der Waals surface area contributed by atoms with Crippen molar-refractivity contribution in [3.63, 3.8) is 0 Å². The van der Waals surface area contributed by atoms with Gasteiger partial charge < -0.3 is 14.7 Å². The lowest BCUT2D eigenvalue weighted by molar-refractivity contribution is 0.0227. The molecule has 0 unspecified atom stereocenters. The van der Waals surface area contributed by atoms with Crippen molar-refractivity contribution in [2.45, 2.75) is 39.5 Å². The summed E-state index contributed by atoms with van der Waals surface area (Å²) in [4.78, 5) is 21.6. The lowest BCUT2D eigenvalue weighted by Crippen LogP contribution is -2.15. The molecule has 0 heterocycles. The second kappa shape index (κ2) is 10.5. The Kier molecular flexibility index (Phi) is 12.2. The van der Waals surface area contributed by atoms with Crippen LogP contribution in [0.15, 0.2) is 0 Å². The van der Waals surface area contributed by atoms with Gasteiger partial charge in [-0.25, -0.2) is 4.57 Å². The van der Waals surface area contributed by atoms with E-state index in [1.54, 1.807) is 0 Å². The van der Waals surface area contributed by atoms with Gasteiger partial charge in [-0.05, 0) is 12.8 Å². The van der Waals surface area contributed by atoms with Crippen molar-refractivity contribution in [1.29, 1.82) is 0 Å². The van der Waals surface area contributed by atoms with Gasteiger partial charge in [0.2, 0.25) is 0 Å². The molecule has 0 aliphatic carbocycles. The summed E-state index contributed by atoms with van der Waals surface area (Å²) in [5.41, 5.74) is 0. The molecule has 94 valence electrons. The maximum absolute atomic E-state index is 12.6. The summed E-state index contributed by atoms with van der Waals surface area (Å²) in [7, 11) is -4.64. The number of rotatable bonds is 6. The molecule has 0 fully saturated rings. The third-order valence-electron chi connectivity index (χ3n) is 1.51. The van der Waals surface area contributed by atoms with E-state index in [0.717, 1.165) is 30.8 Å². The van der Waals surface area contributed by atoms with E-state index in [9.17, 15) is 4.48 Å². The minimum Gasteiger partial charge on any atom is -0.303 e. The van der Waals surface area contributed by atoms with Crippen molar-refractivity contribution in [1.82, 2.24) is 5.12 Å². The predicted octanol–water partition coefficient (Wildman–Crippen LogP) is 1.84. The van der Waals surface area contributed by atoms with Crippen LogP contribution in [0.4, 0.5) is 4.48 Å². The average Bonchev–Trinajstić information content (AvgIpc) is 2.08. The van der Waals surface area contributed by atoms with E-state index in [0.29, 0.717) is 13.1 Å². The molecule has 0 saturated carbocycles. The zero-order valence-electron chi connectivity index (χ0n) is 9.26. The van der Waals surface area contributed by atoms with Crippen molar-refractivity contribution in [3.8, 4) is 0 Å². The highest BCUT2D eigenvalue weighted by molar-refractivity contribution is 7.45. The Balaban J connectivity index is 0. The van der Waals surface area contributed by atoms with Gasteiger partial charge in [-0.2, -0.15) is 0 Å². The molecule has 0 aromatic carbocycles. The molecule has 0 saturated heterocycles. The van der Waals surface area contributed by atoms with E-state index >= 15 is 0 Å². The summed E-state index contributed by atoms with van der Waals surface area (Å²) in [6.45, 7) is 5.37. The van der Waals surface area contributed by atoms with Gasteiger partial charge >= 0.3 is 7.82 Å². The average molecular weight is 245 g/mol. The first kappa shape index (κ1) is 17.4. The van der Waals surface area contributed by atoms with Gasteiger partial charge in [-0.3, -0.25) is 0 Å². The minimum atomic E-state index is -4.64. The van der Waals surface area contributed by atoms with Crippen molar-refractivity contribution < 1.29 is 23.7 Å². The van der Waals surface area contributed by atoms with Crippen LogP contribution in [0, 0.1) is 0 Å². The highest BCUT2D eigenvalue weighted by Crippen LogP contribution is 2.25. The van der Waals surface area contributed by atoms with Crippen molar-refractivity contribution in [2.24, 2.45) is 0 Å². The molecule has 0 bridgehead atoms. The molecule has 5 nitrogen and oxygen atoms in total. The highest BCUT2D eigenvalue weighted by atomic mass is 31.2. The first-order valence-corrected chi connectivity index (χ1v) is 6.56. The highest BCUT2D eigenvalue weighted by Gasteiger charge is 2.00. The van der Waals surface area contributed by atoms with Gasteiger partial charge in [-0.1, -0.05) is 26.7 Å². The molecule has 0 radical (unpaired) electrons. The molecule has 0 aliphatic heterocycles. The molecule has 0 amide bonds. The summed E-state index contributed by atoms with van der Waals surface area (Å²) in [6.07, 6.45) is 4.10. The Bertz CT molecular complexity index is 160. The van der Waals surface area contributed by atoms with E-state index in [1.807, 2.05) is 0 Å². The lowest BCUT2D eigenvalue weighted by Gasteiger charge is -2.09. The van der Waals surface area contributed by atoms with Crippen LogP contribution in [0.1, 0.15) is 39.5 Å². The van der Waals surface area contributed by atoms with Crippen LogP contribution < -0.4 is 0 Å². The molecule has 7 heteroatoms. The number of unbranched alkanes of at least 4 members (excludes halogenated alkanes) is 2. The third-order valence-corrected chi connectivity index (χ3v) is 1.51. The van der Waals surface area contributed by atoms with E-state index in [-0.39, 0.29) is 0 Å². The van der Waals surface area contributed by atoms with Gasteiger partial charge in [0.25, 0.3) is 0 Å². The van der Waals surface area contributed by atoms with Gasteiger partial charge in [0.1, 0.15) is 0 Å². The molecule has 0 rings (SSSR count). The fourth-order valence-corrected chi connectivity index (χ4v) is 0.771. The van der Waals surface area contributed by atoms with Crippen LogP contribution >= 0.6 is 7.82 Å². The second-order valence-corrected chi connectivity index (χ2v) is 4.16. The molecule has 0 spiro atoms. The largest absolute Gasteiger partial charge is 0.466 e. The maximum Gasteiger partial charge on any atom is 0.466 e. The van der Waals surface area contributed by atoms with E-state index in [1.165, 1.54) is 0 Å². The van der Waals surface area contributed by atoms with Gasteiger partial charge in [0, 0.05) is 13.1 Å². The van der Waals surface area contributed by atoms with Gasteiger partial charge in [0.15, 0.2) is 0 Å². The number of nitrogens with zero attached hydrogens (tertiary/aromatic N) is 1. The van der Waals surface area contributed by atoms with E-state index in [4.69, 9.17) is 19.2 Å². The van der Waals surface area contributed by atoms with Crippen LogP contribution in [0.2, 0.25) is 0 Å². The predicted molar refractivity (Wildman–Crippen MR) is 56.8 cm³/mol. The van der Waals surface area contributed by atoms with Gasteiger partial charge in [0.05, 0.1) is 0 Å². The number of halogens is 1. The Morgan fingerprint density at radius 2 is 1.33 bits per heavy atom. The molecule has 0 aromatic heterocycles. The van der Waals surface area contributed by atoms with E-state index in [2.05, 4.69) is 13.8 Å². The van der Waals surface area contributed by atoms with Crippen LogP contribution in [0.3, 0.4) is 0 Å². The van der Waals surface area contributed by atoms with Crippen molar-refractivity contribution >= 4 is 7.82 Å². The van der Waals surface area contributed by atoms with E-state index < -0.39 is 7.82 Å². The molecular weight excluding hydrogens is 224 g/mol. The first-order valence-electron chi connectivity index (χ1n) is 5.00. The molecular formula is C8H21FNO4P. The van der Waals surface area contributed by atoms with Crippen LogP contribution in [0.5, 0.6) is 0 Å². The molecule has 15 heavy (non-hydrogen) atoms. The summed E-state index contributed by atoms with van der Waals surface area (Å²) < 4.78 is 21.5. The number of hydrogen-bond acceptors (Lipinski definition) is 2. The molecule has 0 aliphatic rings. The zero-order chi connectivity index (χ0) is 12.3. The number of hydrogen-bond donors (Lipinski definition) is 3. The molecule has 3 N–H and O–H groups in total. The number of phosphoric acid groups is 1. The fraction of sp³-hybridized carbons (Fsp3) is 1.00. The summed E-state index contributed by atoms with van der Waals surface area (Å²) >= 11 is 0. The quantitative estimate of drug-likeness (QED) is 0.491. The second-order valence-electron chi connectivity index (χ2n) is 3.13. The van der Waals surface area contributed by atoms with Gasteiger partial charge in [-0.15, -0.1) is 9.60 Å². The normalized spacial score (nSPS) is 11.1. The summed E-state index contributed by atoms with van der Waals surface area (Å²) in [6, 6.07) is 0. The summed E-state index contributed by atoms with van der Waals surface area (Å²) in [5, 5.41) is 0.924. The fourth-order valence-electron chi connectivity index (χ4n) is 0.771. The topological polar surface area (TPSA) is 81.0 Å². The SMILES string of the molecule is CCCCN(F)CCCC.O=P(O)(O)O. The Hall–Kier alpha value is -0.0000000000000000694. The van der Waals surface area contributed by atoms with Crippen molar-refractivity contribution in [2.75, 3.05) is 13.1 Å². The Morgan fingerprint density at radius 1 is 1.07 bits per heavy atom. The Morgan fingerprint density at radius 3 is 1.53 bits per heavy atom. The maximum atomic E-state index is 12.6. The monoisotopic (exact) mass is 245 g/mol. The van der Waals surface area contributed by atoms with Crippen LogP contribution in [-0.4, -0.2) is 32.9 Å². The van der Waals surface area contributed by atoms with Crippen LogP contribution in [-0.2, 0) is 4.57 Å². The summed E-state index contributed by atoms with van der Waals surface area (Å²) in [5.74, 6) is 0. The standard InChI is InChI=1S/C8H18FN.H3O4P/c1-3-5-7-10(9)8-6-4-2;1-5(2,3)4/h3-8H2,1-2H3;(H3,1,2,3,4). The minimum absolute atomic E-state index is 0.608. The third kappa shape index (κ3) is 31.5. The lowest BCUT2D eigenvalue weighted by atomic mass is 10.3. The Labute approximate surface area is 90.1 Å². The zero-order valence-corrected chi connectivity index (χ0v) is 10.2. The molecule has 0 atom stereocenters. The smallest absolute Gasteiger partial charge is 0.303 e. The first-order chi connectivity index (χ1) is 6.81. The van der Waals surface area contributed by atoms with Crippen molar-refractivity contribution in [3.05, 3.63) is 0 Å².